The molecule has 0 atom stereocenters. The van der Waals surface area contributed by atoms with E-state index in [1.807, 2.05) is 32.9 Å². The Bertz CT molecular complexity index is 596. The lowest BCUT2D eigenvalue weighted by Gasteiger charge is -2.44. The van der Waals surface area contributed by atoms with E-state index < -0.39 is 15.6 Å². The van der Waals surface area contributed by atoms with Crippen molar-refractivity contribution in [3.63, 3.8) is 0 Å². The Balaban J connectivity index is 2.73. The maximum absolute atomic E-state index is 12.1. The number of fused-ring (bicyclic) bond motifs is 1. The van der Waals surface area contributed by atoms with Crippen molar-refractivity contribution in [2.75, 3.05) is 22.4 Å². The topological polar surface area (TPSA) is 49.4 Å². The molecule has 1 heterocycles. The molecule has 0 saturated carbocycles. The largest absolute Gasteiger partial charge is 0.381 e. The Morgan fingerprint density at radius 2 is 2.00 bits per heavy atom. The van der Waals surface area contributed by atoms with Gasteiger partial charge < -0.3 is 5.32 Å². The van der Waals surface area contributed by atoms with E-state index in [4.69, 9.17) is 0 Å². The Labute approximate surface area is 117 Å². The van der Waals surface area contributed by atoms with Crippen molar-refractivity contribution in [3.05, 3.63) is 22.2 Å². The highest BCUT2D eigenvalue weighted by atomic mass is 79.9. The van der Waals surface area contributed by atoms with Crippen molar-refractivity contribution in [1.29, 1.82) is 0 Å². The molecule has 1 N–H and O–H groups in total. The van der Waals surface area contributed by atoms with Gasteiger partial charge in [-0.15, -0.1) is 0 Å². The number of nitrogens with zero attached hydrogens (tertiary/aromatic N) is 1. The zero-order valence-corrected chi connectivity index (χ0v) is 13.3. The fourth-order valence-corrected chi connectivity index (χ4v) is 4.47. The number of sulfonamides is 1. The summed E-state index contributed by atoms with van der Waals surface area (Å²) in [5, 5.41) is 3.32. The average Bonchev–Trinajstić information content (AvgIpc) is 2.11. The van der Waals surface area contributed by atoms with Gasteiger partial charge in [-0.3, -0.25) is 4.31 Å². The van der Waals surface area contributed by atoms with Crippen LogP contribution in [0.2, 0.25) is 0 Å². The molecule has 1 aromatic carbocycles. The van der Waals surface area contributed by atoms with E-state index in [0.29, 0.717) is 12.2 Å². The van der Waals surface area contributed by atoms with Gasteiger partial charge in [0, 0.05) is 11.0 Å². The fraction of sp³-hybridized carbons (Fsp3) is 0.500. The minimum Gasteiger partial charge on any atom is -0.381 e. The summed E-state index contributed by atoms with van der Waals surface area (Å²) >= 11 is 3.42. The van der Waals surface area contributed by atoms with Crippen LogP contribution >= 0.6 is 15.9 Å². The molecule has 2 rings (SSSR count). The zero-order valence-electron chi connectivity index (χ0n) is 10.9. The highest BCUT2D eigenvalue weighted by Gasteiger charge is 2.39. The van der Waals surface area contributed by atoms with Gasteiger partial charge in [-0.25, -0.2) is 8.42 Å². The van der Waals surface area contributed by atoms with Crippen LogP contribution in [0, 0.1) is 6.92 Å². The van der Waals surface area contributed by atoms with Crippen molar-refractivity contribution in [2.24, 2.45) is 0 Å². The van der Waals surface area contributed by atoms with Gasteiger partial charge in [-0.1, -0.05) is 15.9 Å². The van der Waals surface area contributed by atoms with Crippen LogP contribution in [0.4, 0.5) is 11.4 Å². The summed E-state index contributed by atoms with van der Waals surface area (Å²) in [5.74, 6) is 0. The van der Waals surface area contributed by atoms with Crippen molar-refractivity contribution < 1.29 is 8.42 Å². The molecular weight excluding hydrogens is 316 g/mol. The molecule has 0 fully saturated rings. The van der Waals surface area contributed by atoms with Crippen LogP contribution in [-0.2, 0) is 10.0 Å². The number of anilines is 2. The van der Waals surface area contributed by atoms with Gasteiger partial charge in [0.25, 0.3) is 0 Å². The summed E-state index contributed by atoms with van der Waals surface area (Å²) in [4.78, 5) is 0. The fourth-order valence-electron chi connectivity index (χ4n) is 2.45. The molecule has 4 nitrogen and oxygen atoms in total. The first-order chi connectivity index (χ1) is 8.13. The maximum Gasteiger partial charge on any atom is 0.232 e. The van der Waals surface area contributed by atoms with Crippen LogP contribution in [0.3, 0.4) is 0 Å². The van der Waals surface area contributed by atoms with Crippen LogP contribution in [0.15, 0.2) is 16.6 Å². The third-order valence-corrected chi connectivity index (χ3v) is 4.89. The van der Waals surface area contributed by atoms with Gasteiger partial charge in [0.15, 0.2) is 0 Å². The normalized spacial score (nSPS) is 18.2. The summed E-state index contributed by atoms with van der Waals surface area (Å²) < 4.78 is 26.5. The molecule has 0 bridgehead atoms. The number of benzene rings is 1. The molecule has 1 aromatic rings. The van der Waals surface area contributed by atoms with Gasteiger partial charge in [0.05, 0.1) is 23.2 Å². The van der Waals surface area contributed by atoms with Crippen molar-refractivity contribution in [2.45, 2.75) is 26.3 Å². The third kappa shape index (κ3) is 2.23. The Hall–Kier alpha value is -0.750. The van der Waals surface area contributed by atoms with Gasteiger partial charge in [-0.05, 0) is 38.5 Å². The Kier molecular flexibility index (Phi) is 3.14. The molecule has 6 heteroatoms. The summed E-state index contributed by atoms with van der Waals surface area (Å²) in [6, 6.07) is 3.82. The molecular formula is C12H17BrN2O2S. The van der Waals surface area contributed by atoms with E-state index in [0.717, 1.165) is 15.7 Å². The first-order valence-corrected chi connectivity index (χ1v) is 8.31. The molecule has 0 radical (unpaired) electrons. The SMILES string of the molecule is Cc1cc(Br)cc2c1NCC(C)(C)N2S(C)(=O)=O. The van der Waals surface area contributed by atoms with Crippen LogP contribution < -0.4 is 9.62 Å². The van der Waals surface area contributed by atoms with Crippen LogP contribution in [0.1, 0.15) is 19.4 Å². The Morgan fingerprint density at radius 3 is 2.56 bits per heavy atom. The quantitative estimate of drug-likeness (QED) is 0.860. The lowest BCUT2D eigenvalue weighted by Crippen LogP contribution is -2.54. The van der Waals surface area contributed by atoms with E-state index in [1.165, 1.54) is 10.6 Å². The first kappa shape index (κ1) is 13.7. The number of halogens is 1. The third-order valence-electron chi connectivity index (χ3n) is 3.08. The van der Waals surface area contributed by atoms with E-state index in [9.17, 15) is 8.42 Å². The zero-order chi connectivity index (χ0) is 13.7. The van der Waals surface area contributed by atoms with Crippen LogP contribution in [0.5, 0.6) is 0 Å². The molecule has 0 aliphatic carbocycles. The number of rotatable bonds is 1. The molecule has 100 valence electrons. The van der Waals surface area contributed by atoms with Crippen LogP contribution in [-0.4, -0.2) is 26.8 Å². The maximum atomic E-state index is 12.1. The molecule has 1 aliphatic rings. The number of aryl methyl sites for hydroxylation is 1. The lowest BCUT2D eigenvalue weighted by molar-refractivity contribution is 0.514. The minimum atomic E-state index is -3.31. The van der Waals surface area contributed by atoms with Crippen LogP contribution in [0.25, 0.3) is 0 Å². The highest BCUT2D eigenvalue weighted by Crippen LogP contribution is 2.41. The predicted octanol–water partition coefficient (Wildman–Crippen LogP) is 2.73. The molecule has 0 spiro atoms. The summed E-state index contributed by atoms with van der Waals surface area (Å²) in [6.45, 7) is 6.39. The monoisotopic (exact) mass is 332 g/mol. The van der Waals surface area contributed by atoms with Gasteiger partial charge in [-0.2, -0.15) is 0 Å². The van der Waals surface area contributed by atoms with Crippen molar-refractivity contribution >= 4 is 37.3 Å². The molecule has 0 saturated heterocycles. The smallest absolute Gasteiger partial charge is 0.232 e. The molecule has 0 aromatic heterocycles. The van der Waals surface area contributed by atoms with E-state index in [1.54, 1.807) is 0 Å². The molecule has 0 amide bonds. The molecule has 18 heavy (non-hydrogen) atoms. The standard InChI is InChI=1S/C12H17BrN2O2S/c1-8-5-9(13)6-10-11(8)14-7-12(2,3)15(10)18(4,16)17/h5-6,14H,7H2,1-4H3. The molecule has 0 unspecified atom stereocenters. The van der Waals surface area contributed by atoms with Gasteiger partial charge in [0.1, 0.15) is 0 Å². The summed E-state index contributed by atoms with van der Waals surface area (Å²) in [5.41, 5.74) is 2.15. The summed E-state index contributed by atoms with van der Waals surface area (Å²) in [6.07, 6.45) is 1.25. The number of hydrogen-bond acceptors (Lipinski definition) is 3. The second-order valence-electron chi connectivity index (χ2n) is 5.31. The second-order valence-corrected chi connectivity index (χ2v) is 8.06. The van der Waals surface area contributed by atoms with Gasteiger partial charge in [0.2, 0.25) is 10.0 Å². The second kappa shape index (κ2) is 4.13. The van der Waals surface area contributed by atoms with E-state index in [-0.39, 0.29) is 0 Å². The predicted molar refractivity (Wildman–Crippen MR) is 78.8 cm³/mol. The lowest BCUT2D eigenvalue weighted by atomic mass is 9.99. The summed E-state index contributed by atoms with van der Waals surface area (Å²) in [7, 11) is -3.31. The molecule has 1 aliphatic heterocycles. The highest BCUT2D eigenvalue weighted by molar-refractivity contribution is 9.10. The van der Waals surface area contributed by atoms with Crippen molar-refractivity contribution in [1.82, 2.24) is 0 Å². The van der Waals surface area contributed by atoms with E-state index >= 15 is 0 Å². The number of nitrogens with one attached hydrogen (secondary N) is 1. The Morgan fingerprint density at radius 1 is 1.39 bits per heavy atom. The first-order valence-electron chi connectivity index (χ1n) is 5.67. The number of hydrogen-bond donors (Lipinski definition) is 1. The van der Waals surface area contributed by atoms with Crippen molar-refractivity contribution in [3.8, 4) is 0 Å². The average molecular weight is 333 g/mol. The van der Waals surface area contributed by atoms with E-state index in [2.05, 4.69) is 21.2 Å². The minimum absolute atomic E-state index is 0.478. The van der Waals surface area contributed by atoms with Gasteiger partial charge >= 0.3 is 0 Å².